The normalized spacial score (nSPS) is 15.6. The smallest absolute Gasteiger partial charge is 0.287 e. The monoisotopic (exact) mass is 541 g/mol. The molecule has 1 atom stereocenters. The van der Waals surface area contributed by atoms with Crippen LogP contribution in [0.3, 0.4) is 0 Å². The van der Waals surface area contributed by atoms with Gasteiger partial charge in [-0.25, -0.2) is 4.39 Å². The van der Waals surface area contributed by atoms with E-state index in [0.29, 0.717) is 31.3 Å². The van der Waals surface area contributed by atoms with E-state index in [1.165, 1.54) is 12.3 Å². The van der Waals surface area contributed by atoms with Crippen LogP contribution in [0.15, 0.2) is 45.5 Å². The van der Waals surface area contributed by atoms with Crippen LogP contribution in [0.2, 0.25) is 0 Å². The summed E-state index contributed by atoms with van der Waals surface area (Å²) >= 11 is 0. The van der Waals surface area contributed by atoms with Crippen LogP contribution in [-0.2, 0) is 10.2 Å². The highest BCUT2D eigenvalue weighted by Gasteiger charge is 2.26. The molecule has 0 radical (unpaired) electrons. The van der Waals surface area contributed by atoms with E-state index in [2.05, 4.69) is 20.4 Å². The summed E-state index contributed by atoms with van der Waals surface area (Å²) in [7, 11) is 0. The SMILES string of the molecule is C[C@@H](NC(=O)c1ccco1)C(=O)N1CCCN(CCCOc2ccc(-c3noc(C(C)(C)C)n3)c(F)c2)CC1. The largest absolute Gasteiger partial charge is 0.493 e. The van der Waals surface area contributed by atoms with Crippen molar-refractivity contribution in [1.29, 1.82) is 0 Å². The summed E-state index contributed by atoms with van der Waals surface area (Å²) in [5.74, 6) is 0.294. The second kappa shape index (κ2) is 12.4. The van der Waals surface area contributed by atoms with Gasteiger partial charge in [-0.15, -0.1) is 0 Å². The lowest BCUT2D eigenvalue weighted by atomic mass is 9.97. The predicted molar refractivity (Wildman–Crippen MR) is 142 cm³/mol. The lowest BCUT2D eigenvalue weighted by molar-refractivity contribution is -0.132. The van der Waals surface area contributed by atoms with Crippen LogP contribution in [0, 0.1) is 5.82 Å². The Labute approximate surface area is 227 Å². The molecule has 3 heterocycles. The summed E-state index contributed by atoms with van der Waals surface area (Å²) in [6.07, 6.45) is 3.02. The molecule has 0 aliphatic carbocycles. The van der Waals surface area contributed by atoms with Crippen LogP contribution in [-0.4, -0.2) is 77.1 Å². The number of amides is 2. The van der Waals surface area contributed by atoms with Crippen LogP contribution in [0.1, 0.15) is 57.0 Å². The van der Waals surface area contributed by atoms with Crippen molar-refractivity contribution in [3.8, 4) is 17.1 Å². The van der Waals surface area contributed by atoms with E-state index in [4.69, 9.17) is 13.7 Å². The van der Waals surface area contributed by atoms with Crippen molar-refractivity contribution in [3.63, 3.8) is 0 Å². The number of aromatic nitrogens is 2. The second-order valence-electron chi connectivity index (χ2n) is 10.7. The Bertz CT molecular complexity index is 1250. The predicted octanol–water partition coefficient (Wildman–Crippen LogP) is 3.89. The Balaban J connectivity index is 1.19. The molecule has 3 aromatic rings. The maximum atomic E-state index is 14.7. The van der Waals surface area contributed by atoms with Crippen molar-refractivity contribution in [2.24, 2.45) is 0 Å². The van der Waals surface area contributed by atoms with E-state index in [-0.39, 0.29) is 28.5 Å². The van der Waals surface area contributed by atoms with Crippen LogP contribution >= 0.6 is 0 Å². The van der Waals surface area contributed by atoms with Gasteiger partial charge < -0.3 is 28.8 Å². The third kappa shape index (κ3) is 7.44. The Morgan fingerprint density at radius 1 is 1.18 bits per heavy atom. The first kappa shape index (κ1) is 28.3. The summed E-state index contributed by atoms with van der Waals surface area (Å²) in [6.45, 7) is 11.6. The minimum absolute atomic E-state index is 0.110. The number of hydrogen-bond donors (Lipinski definition) is 1. The number of hydrogen-bond acceptors (Lipinski definition) is 8. The molecule has 0 spiro atoms. The van der Waals surface area contributed by atoms with Crippen LogP contribution < -0.4 is 10.1 Å². The molecule has 10 nitrogen and oxygen atoms in total. The molecule has 0 saturated carbocycles. The van der Waals surface area contributed by atoms with Crippen molar-refractivity contribution in [1.82, 2.24) is 25.3 Å². The van der Waals surface area contributed by atoms with Gasteiger partial charge in [-0.2, -0.15) is 4.98 Å². The van der Waals surface area contributed by atoms with Gasteiger partial charge in [0.1, 0.15) is 17.6 Å². The number of carbonyl (C=O) groups excluding carboxylic acids is 2. The van der Waals surface area contributed by atoms with Crippen molar-refractivity contribution in [2.45, 2.75) is 52.0 Å². The first-order valence-corrected chi connectivity index (χ1v) is 13.2. The Morgan fingerprint density at radius 3 is 2.69 bits per heavy atom. The first-order chi connectivity index (χ1) is 18.6. The third-order valence-corrected chi connectivity index (χ3v) is 6.50. The number of ether oxygens (including phenoxy) is 1. The molecular formula is C28H36FN5O5. The highest BCUT2D eigenvalue weighted by atomic mass is 19.1. The minimum Gasteiger partial charge on any atom is -0.493 e. The van der Waals surface area contributed by atoms with E-state index in [1.54, 1.807) is 36.1 Å². The van der Waals surface area contributed by atoms with Crippen LogP contribution in [0.5, 0.6) is 5.75 Å². The summed E-state index contributed by atoms with van der Waals surface area (Å²) < 4.78 is 30.9. The molecule has 1 aliphatic heterocycles. The summed E-state index contributed by atoms with van der Waals surface area (Å²) in [4.78, 5) is 33.4. The molecule has 1 N–H and O–H groups in total. The van der Waals surface area contributed by atoms with E-state index in [0.717, 1.165) is 32.5 Å². The average Bonchev–Trinajstić information content (AvgIpc) is 3.56. The molecule has 1 aliphatic rings. The maximum absolute atomic E-state index is 14.7. The lowest BCUT2D eigenvalue weighted by Gasteiger charge is -2.25. The Morgan fingerprint density at radius 2 is 2.00 bits per heavy atom. The van der Waals surface area contributed by atoms with E-state index >= 15 is 0 Å². The number of halogens is 1. The zero-order valence-electron chi connectivity index (χ0n) is 22.9. The topological polar surface area (TPSA) is 114 Å². The van der Waals surface area contributed by atoms with E-state index < -0.39 is 17.8 Å². The van der Waals surface area contributed by atoms with Gasteiger partial charge in [0.05, 0.1) is 18.4 Å². The van der Waals surface area contributed by atoms with Gasteiger partial charge >= 0.3 is 0 Å². The summed E-state index contributed by atoms with van der Waals surface area (Å²) in [5.41, 5.74) is -0.0527. The van der Waals surface area contributed by atoms with E-state index in [1.807, 2.05) is 20.8 Å². The second-order valence-corrected chi connectivity index (χ2v) is 10.7. The maximum Gasteiger partial charge on any atom is 0.287 e. The molecule has 0 unspecified atom stereocenters. The van der Waals surface area contributed by atoms with Gasteiger partial charge in [-0.3, -0.25) is 9.59 Å². The fourth-order valence-electron chi connectivity index (χ4n) is 4.31. The number of nitrogens with zero attached hydrogens (tertiary/aromatic N) is 4. The number of benzene rings is 1. The first-order valence-electron chi connectivity index (χ1n) is 13.2. The molecular weight excluding hydrogens is 505 g/mol. The fourth-order valence-corrected chi connectivity index (χ4v) is 4.31. The zero-order chi connectivity index (χ0) is 28.0. The minimum atomic E-state index is -0.644. The van der Waals surface area contributed by atoms with Crippen molar-refractivity contribution < 1.29 is 27.7 Å². The fraction of sp³-hybridized carbons (Fsp3) is 0.500. The number of furan rings is 1. The molecule has 1 fully saturated rings. The van der Waals surface area contributed by atoms with Gasteiger partial charge in [-0.1, -0.05) is 25.9 Å². The summed E-state index contributed by atoms with van der Waals surface area (Å²) in [5, 5.41) is 6.61. The standard InChI is InChI=1S/C28H36FN5O5/c1-19(30-25(35)23-8-5-16-38-23)26(36)34-13-6-11-33(14-15-34)12-7-17-37-20-9-10-21(22(29)18-20)24-31-27(39-32-24)28(2,3)4/h5,8-10,16,18-19H,6-7,11-15,17H2,1-4H3,(H,30,35)/t19-/m1/s1. The molecule has 39 heavy (non-hydrogen) atoms. The van der Waals surface area contributed by atoms with Gasteiger partial charge in [0.2, 0.25) is 17.6 Å². The third-order valence-electron chi connectivity index (χ3n) is 6.50. The highest BCUT2D eigenvalue weighted by Crippen LogP contribution is 2.27. The number of carbonyl (C=O) groups is 2. The molecule has 2 amide bonds. The highest BCUT2D eigenvalue weighted by molar-refractivity contribution is 5.95. The van der Waals surface area contributed by atoms with Gasteiger partial charge in [0.15, 0.2) is 5.76 Å². The van der Waals surface area contributed by atoms with Crippen molar-refractivity contribution >= 4 is 11.8 Å². The molecule has 4 rings (SSSR count). The molecule has 210 valence electrons. The van der Waals surface area contributed by atoms with Gasteiger partial charge in [0.25, 0.3) is 5.91 Å². The zero-order valence-corrected chi connectivity index (χ0v) is 22.9. The molecule has 0 bridgehead atoms. The summed E-state index contributed by atoms with van der Waals surface area (Å²) in [6, 6.07) is 7.18. The Kier molecular flexibility index (Phi) is 9.01. The molecule has 1 saturated heterocycles. The van der Waals surface area contributed by atoms with E-state index in [9.17, 15) is 14.0 Å². The average molecular weight is 542 g/mol. The van der Waals surface area contributed by atoms with Gasteiger partial charge in [0, 0.05) is 37.7 Å². The molecule has 11 heteroatoms. The quantitative estimate of drug-likeness (QED) is 0.406. The Hall–Kier alpha value is -3.73. The van der Waals surface area contributed by atoms with Crippen molar-refractivity contribution in [2.75, 3.05) is 39.3 Å². The number of nitrogens with one attached hydrogen (secondary N) is 1. The van der Waals surface area contributed by atoms with Crippen LogP contribution in [0.25, 0.3) is 11.4 Å². The molecule has 1 aromatic carbocycles. The van der Waals surface area contributed by atoms with Crippen LogP contribution in [0.4, 0.5) is 4.39 Å². The van der Waals surface area contributed by atoms with Gasteiger partial charge in [-0.05, 0) is 50.6 Å². The lowest BCUT2D eigenvalue weighted by Crippen LogP contribution is -2.48. The van der Waals surface area contributed by atoms with Crippen molar-refractivity contribution in [3.05, 3.63) is 54.1 Å². The number of rotatable bonds is 9. The molecule has 2 aromatic heterocycles.